The van der Waals surface area contributed by atoms with Crippen LogP contribution in [0.2, 0.25) is 0 Å². The van der Waals surface area contributed by atoms with E-state index >= 15 is 0 Å². The topological polar surface area (TPSA) is 100 Å². The van der Waals surface area contributed by atoms with Gasteiger partial charge >= 0.3 is 0 Å². The number of amidine groups is 1. The Balaban J connectivity index is 2.39. The number of aliphatic hydroxyl groups is 1. The molecule has 0 bridgehead atoms. The molecule has 0 aliphatic heterocycles. The molecule has 6 heteroatoms. The van der Waals surface area contributed by atoms with E-state index in [0.29, 0.717) is 18.7 Å². The van der Waals surface area contributed by atoms with Crippen LogP contribution in [0.4, 0.5) is 0 Å². The van der Waals surface area contributed by atoms with Crippen LogP contribution in [0.25, 0.3) is 0 Å². The van der Waals surface area contributed by atoms with Gasteiger partial charge in [0, 0.05) is 24.3 Å². The molecule has 21 heavy (non-hydrogen) atoms. The average Bonchev–Trinajstić information content (AvgIpc) is 2.51. The number of benzene rings is 1. The summed E-state index contributed by atoms with van der Waals surface area (Å²) in [6.45, 7) is 5.59. The highest BCUT2D eigenvalue weighted by atomic mass is 16.5. The van der Waals surface area contributed by atoms with E-state index in [0.717, 1.165) is 18.6 Å². The maximum Gasteiger partial charge on any atom is 0.170 e. The number of nitrogens with two attached hydrogens (primary N) is 1. The Morgan fingerprint density at radius 2 is 2.05 bits per heavy atom. The number of aliphatic hydroxyl groups excluding tert-OH is 1. The van der Waals surface area contributed by atoms with Crippen molar-refractivity contribution in [3.63, 3.8) is 0 Å². The Bertz CT molecular complexity index is 448. The summed E-state index contributed by atoms with van der Waals surface area (Å²) in [7, 11) is 0. The first kappa shape index (κ1) is 17.3. The van der Waals surface area contributed by atoms with Gasteiger partial charge in [-0.1, -0.05) is 12.1 Å². The Kier molecular flexibility index (Phi) is 6.98. The zero-order valence-corrected chi connectivity index (χ0v) is 12.7. The maximum atomic E-state index is 9.05. The Morgan fingerprint density at radius 1 is 1.38 bits per heavy atom. The molecule has 0 aliphatic carbocycles. The molecule has 118 valence electrons. The van der Waals surface area contributed by atoms with Gasteiger partial charge in [-0.05, 0) is 44.0 Å². The molecule has 1 unspecified atom stereocenters. The minimum atomic E-state index is -0.0615. The van der Waals surface area contributed by atoms with E-state index < -0.39 is 0 Å². The number of hydrogen-bond donors (Lipinski definition) is 4. The second kappa shape index (κ2) is 8.49. The highest BCUT2D eigenvalue weighted by Gasteiger charge is 2.19. The van der Waals surface area contributed by atoms with E-state index in [9.17, 15) is 0 Å². The van der Waals surface area contributed by atoms with Gasteiger partial charge in [-0.2, -0.15) is 0 Å². The van der Waals surface area contributed by atoms with Gasteiger partial charge < -0.3 is 26.1 Å². The Morgan fingerprint density at radius 3 is 2.57 bits per heavy atom. The Hall–Kier alpha value is -1.79. The number of nitrogens with zero attached hydrogens (tertiary/aromatic N) is 1. The molecule has 1 aromatic rings. The fourth-order valence-electron chi connectivity index (χ4n) is 1.94. The standard InChI is InChI=1S/C15H25N3O3/c1-3-15(2,8-10-19)17-9-11-21-13-6-4-12(5-7-13)14(16)18-20/h4-7,17,19-20H,3,8-11H2,1-2H3,(H2,16,18). The molecular weight excluding hydrogens is 270 g/mol. The molecule has 0 aliphatic rings. The lowest BCUT2D eigenvalue weighted by Crippen LogP contribution is -2.44. The fourth-order valence-corrected chi connectivity index (χ4v) is 1.94. The molecule has 5 N–H and O–H groups in total. The summed E-state index contributed by atoms with van der Waals surface area (Å²) in [6.07, 6.45) is 1.67. The van der Waals surface area contributed by atoms with E-state index in [1.807, 2.05) is 0 Å². The minimum absolute atomic E-state index is 0.0615. The number of rotatable bonds is 9. The quantitative estimate of drug-likeness (QED) is 0.181. The van der Waals surface area contributed by atoms with Crippen molar-refractivity contribution in [1.29, 1.82) is 0 Å². The van der Waals surface area contributed by atoms with Gasteiger partial charge in [0.05, 0.1) is 0 Å². The molecule has 1 rings (SSSR count). The van der Waals surface area contributed by atoms with Crippen molar-refractivity contribution in [1.82, 2.24) is 5.32 Å². The highest BCUT2D eigenvalue weighted by Crippen LogP contribution is 2.14. The predicted molar refractivity (Wildman–Crippen MR) is 82.8 cm³/mol. The predicted octanol–water partition coefficient (Wildman–Crippen LogP) is 1.30. The van der Waals surface area contributed by atoms with E-state index in [2.05, 4.69) is 24.3 Å². The third kappa shape index (κ3) is 5.61. The van der Waals surface area contributed by atoms with Crippen LogP contribution in [0.15, 0.2) is 29.4 Å². The van der Waals surface area contributed by atoms with Gasteiger partial charge in [0.25, 0.3) is 0 Å². The van der Waals surface area contributed by atoms with Crippen LogP contribution in [0, 0.1) is 0 Å². The first-order valence-electron chi connectivity index (χ1n) is 7.11. The largest absolute Gasteiger partial charge is 0.492 e. The maximum absolute atomic E-state index is 9.05. The molecule has 0 saturated heterocycles. The van der Waals surface area contributed by atoms with Crippen molar-refractivity contribution < 1.29 is 15.1 Å². The second-order valence-corrected chi connectivity index (χ2v) is 5.17. The molecule has 0 radical (unpaired) electrons. The molecule has 0 spiro atoms. The van der Waals surface area contributed by atoms with Crippen LogP contribution < -0.4 is 15.8 Å². The monoisotopic (exact) mass is 295 g/mol. The average molecular weight is 295 g/mol. The third-order valence-electron chi connectivity index (χ3n) is 3.62. The number of oxime groups is 1. The summed E-state index contributed by atoms with van der Waals surface area (Å²) < 4.78 is 5.62. The van der Waals surface area contributed by atoms with Crippen LogP contribution in [0.5, 0.6) is 5.75 Å². The smallest absolute Gasteiger partial charge is 0.170 e. The van der Waals surface area contributed by atoms with E-state index in [4.69, 9.17) is 20.8 Å². The normalized spacial score (nSPS) is 14.7. The summed E-state index contributed by atoms with van der Waals surface area (Å²) in [5, 5.41) is 24.0. The number of ether oxygens (including phenoxy) is 1. The molecule has 0 heterocycles. The van der Waals surface area contributed by atoms with Crippen molar-refractivity contribution in [2.45, 2.75) is 32.2 Å². The summed E-state index contributed by atoms with van der Waals surface area (Å²) in [4.78, 5) is 0. The summed E-state index contributed by atoms with van der Waals surface area (Å²) in [5.74, 6) is 0.803. The summed E-state index contributed by atoms with van der Waals surface area (Å²) in [5.41, 5.74) is 6.07. The zero-order valence-electron chi connectivity index (χ0n) is 12.7. The molecule has 0 aromatic heterocycles. The summed E-state index contributed by atoms with van der Waals surface area (Å²) in [6, 6.07) is 7.03. The van der Waals surface area contributed by atoms with Crippen LogP contribution in [0.1, 0.15) is 32.3 Å². The second-order valence-electron chi connectivity index (χ2n) is 5.17. The number of hydrogen-bond acceptors (Lipinski definition) is 5. The molecule has 1 atom stereocenters. The SMILES string of the molecule is CCC(C)(CCO)NCCOc1ccc(/C(N)=N/O)cc1. The highest BCUT2D eigenvalue weighted by molar-refractivity contribution is 5.97. The van der Waals surface area contributed by atoms with Crippen LogP contribution >= 0.6 is 0 Å². The van der Waals surface area contributed by atoms with Gasteiger partial charge in [0.2, 0.25) is 0 Å². The molecule has 0 saturated carbocycles. The van der Waals surface area contributed by atoms with Gasteiger partial charge in [0.1, 0.15) is 12.4 Å². The van der Waals surface area contributed by atoms with Crippen molar-refractivity contribution >= 4 is 5.84 Å². The van der Waals surface area contributed by atoms with Crippen molar-refractivity contribution in [2.24, 2.45) is 10.9 Å². The lowest BCUT2D eigenvalue weighted by atomic mass is 9.95. The van der Waals surface area contributed by atoms with Crippen molar-refractivity contribution in [3.8, 4) is 5.75 Å². The molecule has 1 aromatic carbocycles. The molecule has 0 fully saturated rings. The van der Waals surface area contributed by atoms with E-state index in [1.165, 1.54) is 0 Å². The van der Waals surface area contributed by atoms with Crippen molar-refractivity contribution in [2.75, 3.05) is 19.8 Å². The fraction of sp³-hybridized carbons (Fsp3) is 0.533. The van der Waals surface area contributed by atoms with E-state index in [-0.39, 0.29) is 18.0 Å². The molecular formula is C15H25N3O3. The van der Waals surface area contributed by atoms with Crippen LogP contribution in [0.3, 0.4) is 0 Å². The van der Waals surface area contributed by atoms with Gasteiger partial charge in [-0.3, -0.25) is 0 Å². The zero-order chi connectivity index (χ0) is 15.7. The first-order valence-corrected chi connectivity index (χ1v) is 7.11. The first-order chi connectivity index (χ1) is 10.0. The van der Waals surface area contributed by atoms with E-state index in [1.54, 1.807) is 24.3 Å². The number of nitrogens with one attached hydrogen (secondary N) is 1. The molecule has 6 nitrogen and oxygen atoms in total. The lowest BCUT2D eigenvalue weighted by molar-refractivity contribution is 0.204. The molecule has 0 amide bonds. The van der Waals surface area contributed by atoms with Crippen molar-refractivity contribution in [3.05, 3.63) is 29.8 Å². The minimum Gasteiger partial charge on any atom is -0.492 e. The lowest BCUT2D eigenvalue weighted by Gasteiger charge is -2.29. The van der Waals surface area contributed by atoms with Gasteiger partial charge in [-0.25, -0.2) is 0 Å². The third-order valence-corrected chi connectivity index (χ3v) is 3.62. The van der Waals surface area contributed by atoms with Crippen LogP contribution in [-0.4, -0.2) is 41.4 Å². The van der Waals surface area contributed by atoms with Crippen LogP contribution in [-0.2, 0) is 0 Å². The van der Waals surface area contributed by atoms with Gasteiger partial charge in [-0.15, -0.1) is 0 Å². The van der Waals surface area contributed by atoms with Gasteiger partial charge in [0.15, 0.2) is 5.84 Å². The Labute approximate surface area is 125 Å². The summed E-state index contributed by atoms with van der Waals surface area (Å²) >= 11 is 0.